The Hall–Kier alpha value is -4.04. The van der Waals surface area contributed by atoms with Crippen LogP contribution in [-0.4, -0.2) is 55.8 Å². The molecule has 34 heavy (non-hydrogen) atoms. The zero-order valence-corrected chi connectivity index (χ0v) is 18.2. The minimum atomic E-state index is -1.35. The molecule has 0 bridgehead atoms. The van der Waals surface area contributed by atoms with Crippen molar-refractivity contribution in [3.05, 3.63) is 53.3 Å². The van der Waals surface area contributed by atoms with Gasteiger partial charge in [-0.1, -0.05) is 5.92 Å². The number of nitrogens with zero attached hydrogens (tertiary/aromatic N) is 4. The lowest BCUT2D eigenvalue weighted by molar-refractivity contribution is -0.131. The number of halogens is 2. The number of nitrogens with one attached hydrogen (secondary N) is 2. The zero-order valence-electron chi connectivity index (χ0n) is 18.2. The number of carbonyl (C=O) groups excluding carboxylic acids is 1. The highest BCUT2D eigenvalue weighted by atomic mass is 19.2. The van der Waals surface area contributed by atoms with Crippen molar-refractivity contribution in [2.24, 2.45) is 11.3 Å². The molecule has 0 saturated heterocycles. The fourth-order valence-corrected chi connectivity index (χ4v) is 4.56. The summed E-state index contributed by atoms with van der Waals surface area (Å²) in [6.07, 6.45) is 0.906. The molecule has 1 fully saturated rings. The van der Waals surface area contributed by atoms with Crippen LogP contribution >= 0.6 is 0 Å². The van der Waals surface area contributed by atoms with Gasteiger partial charge >= 0.3 is 0 Å². The predicted octanol–water partition coefficient (Wildman–Crippen LogP) is 1.79. The largest absolute Gasteiger partial charge is 0.508 e. The van der Waals surface area contributed by atoms with Crippen LogP contribution < -0.4 is 10.6 Å². The van der Waals surface area contributed by atoms with E-state index in [-0.39, 0.29) is 29.0 Å². The van der Waals surface area contributed by atoms with E-state index in [2.05, 4.69) is 37.4 Å². The number of allylic oxidation sites excluding steroid dienone is 1. The maximum atomic E-state index is 13.5. The molecule has 0 aliphatic heterocycles. The molecule has 1 saturated carbocycles. The molecule has 0 spiro atoms. The number of anilines is 1. The molecule has 2 aromatic heterocycles. The Labute approximate surface area is 192 Å². The lowest BCUT2D eigenvalue weighted by Gasteiger charge is -2.28. The van der Waals surface area contributed by atoms with Gasteiger partial charge < -0.3 is 20.8 Å². The van der Waals surface area contributed by atoms with Crippen molar-refractivity contribution in [2.75, 3.05) is 19.4 Å². The van der Waals surface area contributed by atoms with E-state index in [0.29, 0.717) is 35.5 Å². The lowest BCUT2D eigenvalue weighted by atomic mass is 9.86. The summed E-state index contributed by atoms with van der Waals surface area (Å²) in [4.78, 5) is 25.4. The summed E-state index contributed by atoms with van der Waals surface area (Å²) >= 11 is 0. The van der Waals surface area contributed by atoms with Gasteiger partial charge in [0.25, 0.3) is 0 Å². The van der Waals surface area contributed by atoms with E-state index in [1.165, 1.54) is 19.4 Å². The Morgan fingerprint density at radius 3 is 2.74 bits per heavy atom. The maximum absolute atomic E-state index is 13.5. The smallest absolute Gasteiger partial charge is 0.229 e. The Morgan fingerprint density at radius 1 is 1.24 bits per heavy atom. The van der Waals surface area contributed by atoms with Crippen LogP contribution in [0.2, 0.25) is 0 Å². The van der Waals surface area contributed by atoms with Crippen molar-refractivity contribution in [1.29, 1.82) is 0 Å². The Bertz CT molecular complexity index is 1440. The fourth-order valence-electron chi connectivity index (χ4n) is 4.56. The molecular formula is C23H20F2N6O3. The van der Waals surface area contributed by atoms with Crippen LogP contribution in [0.5, 0.6) is 0 Å². The van der Waals surface area contributed by atoms with Gasteiger partial charge in [-0.3, -0.25) is 9.36 Å². The third kappa shape index (κ3) is 3.18. The van der Waals surface area contributed by atoms with Gasteiger partial charge in [-0.15, -0.1) is 0 Å². The number of aliphatic hydroxyl groups excluding tert-OH is 2. The average molecular weight is 466 g/mol. The summed E-state index contributed by atoms with van der Waals surface area (Å²) < 4.78 is 28.2. The number of fused-ring (bicyclic) bond motifs is 2. The van der Waals surface area contributed by atoms with Gasteiger partial charge in [-0.05, 0) is 42.9 Å². The van der Waals surface area contributed by atoms with E-state index in [4.69, 9.17) is 0 Å². The molecule has 1 aromatic carbocycles. The normalized spacial score (nSPS) is 23.2. The summed E-state index contributed by atoms with van der Waals surface area (Å²) in [6, 6.07) is 3.30. The SMILES string of the molecule is CNC(=O)C12CC1CC(n1cnc3c(NC)nc(C#Cc4ccc(F)c(F)c4)nc31)=C(O)[C@@H]2O. The molecule has 2 aliphatic carbocycles. The van der Waals surface area contributed by atoms with Crippen LogP contribution in [0.15, 0.2) is 30.3 Å². The number of aromatic nitrogens is 4. The molecule has 3 atom stereocenters. The third-order valence-electron chi connectivity index (χ3n) is 6.45. The molecule has 3 aromatic rings. The van der Waals surface area contributed by atoms with Crippen LogP contribution in [-0.2, 0) is 4.79 Å². The molecule has 2 unspecified atom stereocenters. The van der Waals surface area contributed by atoms with E-state index in [9.17, 15) is 23.8 Å². The monoisotopic (exact) mass is 466 g/mol. The van der Waals surface area contributed by atoms with Gasteiger partial charge in [-0.2, -0.15) is 0 Å². The molecule has 9 nitrogen and oxygen atoms in total. The second kappa shape index (κ2) is 7.78. The molecule has 11 heteroatoms. The molecular weight excluding hydrogens is 446 g/mol. The second-order valence-corrected chi connectivity index (χ2v) is 8.27. The van der Waals surface area contributed by atoms with Gasteiger partial charge in [0, 0.05) is 19.7 Å². The standard InChI is InChI=1S/C23H20F2N6O3/c1-26-20-17-21(30-16(29-20)6-4-11-3-5-13(24)14(25)7-11)31(10-28-17)15-8-12-9-23(12,22(34)27-2)19(33)18(15)32/h3,5,7,10,12,19,32-33H,8-9H2,1-2H3,(H,27,34)(H,26,29,30)/t12?,19-,23?/m0/s1. The summed E-state index contributed by atoms with van der Waals surface area (Å²) in [6.45, 7) is 0. The number of benzene rings is 1. The number of rotatable bonds is 3. The van der Waals surface area contributed by atoms with E-state index >= 15 is 0 Å². The van der Waals surface area contributed by atoms with Gasteiger partial charge in [-0.25, -0.2) is 23.7 Å². The van der Waals surface area contributed by atoms with Crippen LogP contribution in [0.25, 0.3) is 16.9 Å². The van der Waals surface area contributed by atoms with Crippen molar-refractivity contribution in [1.82, 2.24) is 24.8 Å². The second-order valence-electron chi connectivity index (χ2n) is 8.27. The quantitative estimate of drug-likeness (QED) is 0.434. The average Bonchev–Trinajstić information content (AvgIpc) is 3.44. The van der Waals surface area contributed by atoms with E-state index < -0.39 is 23.2 Å². The van der Waals surface area contributed by atoms with Crippen LogP contribution in [0.3, 0.4) is 0 Å². The first kappa shape index (κ1) is 21.8. The minimum Gasteiger partial charge on any atom is -0.508 e. The summed E-state index contributed by atoms with van der Waals surface area (Å²) in [5, 5.41) is 27.1. The molecule has 4 N–H and O–H groups in total. The van der Waals surface area contributed by atoms with E-state index in [0.717, 1.165) is 12.1 Å². The number of hydrogen-bond donors (Lipinski definition) is 4. The first-order valence-corrected chi connectivity index (χ1v) is 10.5. The van der Waals surface area contributed by atoms with E-state index in [1.807, 2.05) is 0 Å². The van der Waals surface area contributed by atoms with Crippen molar-refractivity contribution in [3.8, 4) is 11.8 Å². The Kier molecular flexibility index (Phi) is 4.98. The number of hydrogen-bond acceptors (Lipinski definition) is 7. The van der Waals surface area contributed by atoms with Crippen molar-refractivity contribution in [3.63, 3.8) is 0 Å². The van der Waals surface area contributed by atoms with Crippen molar-refractivity contribution >= 4 is 28.6 Å². The Morgan fingerprint density at radius 2 is 2.03 bits per heavy atom. The lowest BCUT2D eigenvalue weighted by Crippen LogP contribution is -2.42. The highest BCUT2D eigenvalue weighted by molar-refractivity contribution is 5.90. The van der Waals surface area contributed by atoms with Crippen LogP contribution in [0.1, 0.15) is 24.2 Å². The van der Waals surface area contributed by atoms with Crippen LogP contribution in [0, 0.1) is 34.8 Å². The number of carbonyl (C=O) groups is 1. The van der Waals surface area contributed by atoms with Gasteiger partial charge in [0.05, 0.1) is 11.1 Å². The number of aliphatic hydroxyl groups is 2. The molecule has 2 aliphatic rings. The molecule has 0 radical (unpaired) electrons. The number of amides is 1. The first-order valence-electron chi connectivity index (χ1n) is 10.5. The van der Waals surface area contributed by atoms with Crippen molar-refractivity contribution in [2.45, 2.75) is 18.9 Å². The maximum Gasteiger partial charge on any atom is 0.229 e. The highest BCUT2D eigenvalue weighted by Gasteiger charge is 2.67. The minimum absolute atomic E-state index is 0.0888. The fraction of sp³-hybridized carbons (Fsp3) is 0.304. The predicted molar refractivity (Wildman–Crippen MR) is 118 cm³/mol. The summed E-state index contributed by atoms with van der Waals surface area (Å²) in [7, 11) is 3.15. The van der Waals surface area contributed by atoms with E-state index in [1.54, 1.807) is 11.6 Å². The van der Waals surface area contributed by atoms with Crippen molar-refractivity contribution < 1.29 is 23.8 Å². The third-order valence-corrected chi connectivity index (χ3v) is 6.45. The summed E-state index contributed by atoms with van der Waals surface area (Å²) in [5.41, 5.74) is 0.352. The topological polar surface area (TPSA) is 125 Å². The molecule has 174 valence electrons. The van der Waals surface area contributed by atoms with Gasteiger partial charge in [0.2, 0.25) is 11.7 Å². The highest BCUT2D eigenvalue weighted by Crippen LogP contribution is 2.63. The molecule has 1 amide bonds. The molecule has 2 heterocycles. The Balaban J connectivity index is 1.58. The van der Waals surface area contributed by atoms with Crippen LogP contribution in [0.4, 0.5) is 14.6 Å². The van der Waals surface area contributed by atoms with Gasteiger partial charge in [0.1, 0.15) is 18.2 Å². The number of imidazole rings is 1. The first-order chi connectivity index (χ1) is 16.3. The van der Waals surface area contributed by atoms with Gasteiger partial charge in [0.15, 0.2) is 28.6 Å². The zero-order chi connectivity index (χ0) is 24.2. The summed E-state index contributed by atoms with van der Waals surface area (Å²) in [5.74, 6) is 3.18. The molecule has 5 rings (SSSR count).